The van der Waals surface area contributed by atoms with Crippen molar-refractivity contribution in [3.05, 3.63) is 29.4 Å². The molecule has 3 saturated heterocycles. The van der Waals surface area contributed by atoms with Gasteiger partial charge in [-0.25, -0.2) is 4.68 Å². The smallest absolute Gasteiger partial charge is 0.158 e. The second-order valence-corrected chi connectivity index (χ2v) is 7.88. The Morgan fingerprint density at radius 3 is 2.84 bits per heavy atom. The summed E-state index contributed by atoms with van der Waals surface area (Å²) in [5, 5.41) is 20.1. The molecule has 2 aromatic rings. The first kappa shape index (κ1) is 15.5. The van der Waals surface area contributed by atoms with Crippen molar-refractivity contribution in [2.75, 3.05) is 19.6 Å². The summed E-state index contributed by atoms with van der Waals surface area (Å²) in [4.78, 5) is 0. The molecule has 2 aromatic heterocycles. The fourth-order valence-corrected chi connectivity index (χ4v) is 4.77. The predicted octanol–water partition coefficient (Wildman–Crippen LogP) is 1.64. The fraction of sp³-hybridized carbons (Fsp3) is 0.722. The molecular formula is C18H26N6O. The van der Waals surface area contributed by atoms with Gasteiger partial charge >= 0.3 is 0 Å². The fourth-order valence-electron chi connectivity index (χ4n) is 4.77. The van der Waals surface area contributed by atoms with E-state index < -0.39 is 0 Å². The minimum absolute atomic E-state index is 0.515. The van der Waals surface area contributed by atoms with Gasteiger partial charge in [0.15, 0.2) is 5.76 Å². The summed E-state index contributed by atoms with van der Waals surface area (Å²) >= 11 is 0. The van der Waals surface area contributed by atoms with Crippen LogP contribution in [-0.2, 0) is 6.54 Å². The van der Waals surface area contributed by atoms with Crippen molar-refractivity contribution in [2.45, 2.75) is 56.5 Å². The summed E-state index contributed by atoms with van der Waals surface area (Å²) in [6.45, 7) is 3.92. The van der Waals surface area contributed by atoms with E-state index in [2.05, 4.69) is 38.4 Å². The van der Waals surface area contributed by atoms with Crippen LogP contribution in [0.5, 0.6) is 0 Å². The van der Waals surface area contributed by atoms with E-state index in [1.165, 1.54) is 25.8 Å². The van der Waals surface area contributed by atoms with E-state index >= 15 is 0 Å². The van der Waals surface area contributed by atoms with Crippen molar-refractivity contribution in [3.63, 3.8) is 0 Å². The maximum absolute atomic E-state index is 5.55. The predicted molar refractivity (Wildman–Crippen MR) is 92.3 cm³/mol. The lowest BCUT2D eigenvalue weighted by Crippen LogP contribution is -2.49. The SMILES string of the molecule is c1c(C2CCNCC2)noc1Cn1cc(C2CC3CCC2NC3)nn1. The van der Waals surface area contributed by atoms with Crippen molar-refractivity contribution in [1.29, 1.82) is 0 Å². The highest BCUT2D eigenvalue weighted by molar-refractivity contribution is 5.14. The van der Waals surface area contributed by atoms with Crippen LogP contribution >= 0.6 is 0 Å². The summed E-state index contributed by atoms with van der Waals surface area (Å²) in [5.41, 5.74) is 2.21. The summed E-state index contributed by atoms with van der Waals surface area (Å²) < 4.78 is 7.45. The van der Waals surface area contributed by atoms with E-state index in [4.69, 9.17) is 4.52 Å². The molecule has 5 heterocycles. The molecule has 3 unspecified atom stereocenters. The Labute approximate surface area is 147 Å². The minimum atomic E-state index is 0.515. The molecule has 0 amide bonds. The summed E-state index contributed by atoms with van der Waals surface area (Å²) in [5.74, 6) is 2.71. The number of piperidine rings is 3. The zero-order valence-electron chi connectivity index (χ0n) is 14.5. The van der Waals surface area contributed by atoms with Gasteiger partial charge in [0, 0.05) is 30.1 Å². The van der Waals surface area contributed by atoms with Crippen molar-refractivity contribution in [3.8, 4) is 0 Å². The molecule has 4 fully saturated rings. The molecular weight excluding hydrogens is 316 g/mol. The Morgan fingerprint density at radius 1 is 1.16 bits per heavy atom. The maximum Gasteiger partial charge on any atom is 0.158 e. The van der Waals surface area contributed by atoms with Crippen LogP contribution in [0.3, 0.4) is 0 Å². The molecule has 7 heteroatoms. The number of hydrogen-bond donors (Lipinski definition) is 2. The van der Waals surface area contributed by atoms with Crippen LogP contribution in [-0.4, -0.2) is 45.8 Å². The van der Waals surface area contributed by atoms with Gasteiger partial charge in [-0.15, -0.1) is 5.10 Å². The highest BCUT2D eigenvalue weighted by atomic mass is 16.5. The molecule has 7 nitrogen and oxygen atoms in total. The van der Waals surface area contributed by atoms with Crippen LogP contribution in [0.4, 0.5) is 0 Å². The van der Waals surface area contributed by atoms with Crippen molar-refractivity contribution >= 4 is 0 Å². The monoisotopic (exact) mass is 342 g/mol. The summed E-state index contributed by atoms with van der Waals surface area (Å²) in [6.07, 6.45) is 8.25. The molecule has 25 heavy (non-hydrogen) atoms. The normalized spacial score (nSPS) is 30.0. The summed E-state index contributed by atoms with van der Waals surface area (Å²) in [6, 6.07) is 2.67. The Balaban J connectivity index is 1.26. The number of rotatable bonds is 4. The zero-order chi connectivity index (χ0) is 16.6. The molecule has 1 saturated carbocycles. The van der Waals surface area contributed by atoms with E-state index in [9.17, 15) is 0 Å². The number of hydrogen-bond acceptors (Lipinski definition) is 6. The lowest BCUT2D eigenvalue weighted by Gasteiger charge is -2.42. The van der Waals surface area contributed by atoms with Crippen LogP contribution in [0.2, 0.25) is 0 Å². The average molecular weight is 342 g/mol. The molecule has 0 spiro atoms. The molecule has 2 N–H and O–H groups in total. The van der Waals surface area contributed by atoms with E-state index in [-0.39, 0.29) is 0 Å². The molecule has 1 aliphatic carbocycles. The standard InChI is InChI=1S/C18H26N6O/c1-2-16-15(7-12(1)9-20-16)18-11-24(23-21-18)10-14-8-17(22-25-14)13-3-5-19-6-4-13/h8,11-13,15-16,19-20H,1-7,9-10H2. The molecule has 0 radical (unpaired) electrons. The van der Waals surface area contributed by atoms with Gasteiger partial charge in [0.25, 0.3) is 0 Å². The Morgan fingerprint density at radius 2 is 2.08 bits per heavy atom. The van der Waals surface area contributed by atoms with Crippen LogP contribution in [0.25, 0.3) is 0 Å². The van der Waals surface area contributed by atoms with Gasteiger partial charge in [-0.05, 0) is 57.7 Å². The Hall–Kier alpha value is -1.73. The molecule has 4 aliphatic rings. The van der Waals surface area contributed by atoms with Crippen molar-refractivity contribution in [2.24, 2.45) is 5.92 Å². The molecule has 2 bridgehead atoms. The van der Waals surface area contributed by atoms with Crippen LogP contribution in [0, 0.1) is 5.92 Å². The largest absolute Gasteiger partial charge is 0.359 e. The van der Waals surface area contributed by atoms with Crippen LogP contribution in [0.1, 0.15) is 61.1 Å². The molecule has 3 aliphatic heterocycles. The topological polar surface area (TPSA) is 80.8 Å². The summed E-state index contributed by atoms with van der Waals surface area (Å²) in [7, 11) is 0. The molecule has 134 valence electrons. The number of aromatic nitrogens is 4. The first-order chi connectivity index (χ1) is 12.3. The number of nitrogens with zero attached hydrogens (tertiary/aromatic N) is 4. The molecule has 6 rings (SSSR count). The van der Waals surface area contributed by atoms with Crippen molar-refractivity contribution in [1.82, 2.24) is 30.8 Å². The zero-order valence-corrected chi connectivity index (χ0v) is 14.5. The highest BCUT2D eigenvalue weighted by Crippen LogP contribution is 2.39. The third-order valence-electron chi connectivity index (χ3n) is 6.22. The van der Waals surface area contributed by atoms with E-state index in [0.717, 1.165) is 49.0 Å². The van der Waals surface area contributed by atoms with E-state index in [1.54, 1.807) is 0 Å². The quantitative estimate of drug-likeness (QED) is 0.879. The van der Waals surface area contributed by atoms with E-state index in [0.29, 0.717) is 24.4 Å². The van der Waals surface area contributed by atoms with Crippen LogP contribution < -0.4 is 10.6 Å². The minimum Gasteiger partial charge on any atom is -0.359 e. The number of nitrogens with one attached hydrogen (secondary N) is 2. The lowest BCUT2D eigenvalue weighted by molar-refractivity contribution is 0.180. The van der Waals surface area contributed by atoms with Gasteiger partial charge in [-0.1, -0.05) is 10.4 Å². The first-order valence-electron chi connectivity index (χ1n) is 9.65. The Kier molecular flexibility index (Phi) is 4.06. The van der Waals surface area contributed by atoms with Gasteiger partial charge in [0.1, 0.15) is 6.54 Å². The second-order valence-electron chi connectivity index (χ2n) is 7.88. The van der Waals surface area contributed by atoms with Gasteiger partial charge in [-0.3, -0.25) is 0 Å². The van der Waals surface area contributed by atoms with Crippen molar-refractivity contribution < 1.29 is 4.52 Å². The number of fused-ring (bicyclic) bond motifs is 3. The van der Waals surface area contributed by atoms with Gasteiger partial charge in [-0.2, -0.15) is 0 Å². The average Bonchev–Trinajstić information content (AvgIpc) is 3.34. The van der Waals surface area contributed by atoms with Crippen LogP contribution in [0.15, 0.2) is 16.8 Å². The third kappa shape index (κ3) is 3.11. The highest BCUT2D eigenvalue weighted by Gasteiger charge is 2.37. The van der Waals surface area contributed by atoms with Gasteiger partial charge in [0.05, 0.1) is 11.4 Å². The maximum atomic E-state index is 5.55. The third-order valence-corrected chi connectivity index (χ3v) is 6.22. The van der Waals surface area contributed by atoms with Gasteiger partial charge in [0.2, 0.25) is 0 Å². The first-order valence-corrected chi connectivity index (χ1v) is 9.65. The van der Waals surface area contributed by atoms with Gasteiger partial charge < -0.3 is 15.2 Å². The van der Waals surface area contributed by atoms with E-state index in [1.807, 2.05) is 4.68 Å². The molecule has 3 atom stereocenters. The Bertz CT molecular complexity index is 711. The molecule has 0 aromatic carbocycles. The lowest BCUT2D eigenvalue weighted by atomic mass is 9.73. The second kappa shape index (κ2) is 6.53.